The van der Waals surface area contributed by atoms with Gasteiger partial charge in [0.05, 0.1) is 23.8 Å². The number of anilines is 1. The summed E-state index contributed by atoms with van der Waals surface area (Å²) in [7, 11) is 1.42. The molecule has 2 aliphatic rings. The predicted molar refractivity (Wildman–Crippen MR) is 140 cm³/mol. The summed E-state index contributed by atoms with van der Waals surface area (Å²) in [5.41, 5.74) is 2.26. The topological polar surface area (TPSA) is 94.9 Å². The molecule has 3 aromatic rings. The number of nitrogens with zero attached hydrogens (tertiary/aromatic N) is 3. The van der Waals surface area contributed by atoms with Crippen LogP contribution in [0.3, 0.4) is 0 Å². The van der Waals surface area contributed by atoms with Crippen molar-refractivity contribution < 1.29 is 19.1 Å². The number of halogens is 1. The third-order valence-electron chi connectivity index (χ3n) is 6.63. The number of benzene rings is 2. The Morgan fingerprint density at radius 1 is 1.11 bits per heavy atom. The summed E-state index contributed by atoms with van der Waals surface area (Å²) in [6.07, 6.45) is 0.452. The van der Waals surface area contributed by atoms with Gasteiger partial charge in [0.1, 0.15) is 20.3 Å². The van der Waals surface area contributed by atoms with Gasteiger partial charge >= 0.3 is 0 Å². The zero-order chi connectivity index (χ0) is 26.1. The zero-order valence-corrected chi connectivity index (χ0v) is 21.7. The fourth-order valence-corrected chi connectivity index (χ4v) is 4.82. The number of amides is 1. The Labute approximate surface area is 219 Å². The van der Waals surface area contributed by atoms with E-state index >= 15 is 0 Å². The van der Waals surface area contributed by atoms with Gasteiger partial charge in [-0.3, -0.25) is 9.59 Å². The van der Waals surface area contributed by atoms with Crippen molar-refractivity contribution in [3.8, 4) is 11.5 Å². The van der Waals surface area contributed by atoms with Gasteiger partial charge < -0.3 is 24.5 Å². The van der Waals surface area contributed by atoms with Crippen LogP contribution in [0.1, 0.15) is 47.1 Å². The van der Waals surface area contributed by atoms with Crippen LogP contribution >= 0.6 is 11.6 Å². The summed E-state index contributed by atoms with van der Waals surface area (Å²) in [6, 6.07) is 12.6. The molecule has 1 aromatic heterocycles. The van der Waals surface area contributed by atoms with Gasteiger partial charge in [-0.05, 0) is 41.8 Å². The minimum Gasteiger partial charge on any atom is -0.486 e. The lowest BCUT2D eigenvalue weighted by atomic mass is 9.96. The van der Waals surface area contributed by atoms with Gasteiger partial charge in [0.15, 0.2) is 11.5 Å². The van der Waals surface area contributed by atoms with Crippen molar-refractivity contribution in [1.82, 2.24) is 14.6 Å². The number of hydrogen-bond acceptors (Lipinski definition) is 7. The summed E-state index contributed by atoms with van der Waals surface area (Å²) < 4.78 is 12.3. The first kappa shape index (κ1) is 25.0. The second kappa shape index (κ2) is 10.3. The zero-order valence-electron chi connectivity index (χ0n) is 21.0. The molecule has 0 bridgehead atoms. The van der Waals surface area contributed by atoms with Crippen molar-refractivity contribution in [3.05, 3.63) is 80.2 Å². The van der Waals surface area contributed by atoms with Crippen LogP contribution in [0.25, 0.3) is 0 Å². The molecule has 37 heavy (non-hydrogen) atoms. The van der Waals surface area contributed by atoms with E-state index in [1.54, 1.807) is 23.1 Å². The molecule has 194 valence electrons. The van der Waals surface area contributed by atoms with Gasteiger partial charge in [-0.25, -0.2) is 4.98 Å². The van der Waals surface area contributed by atoms with Crippen molar-refractivity contribution >= 4 is 23.5 Å². The molecule has 2 aliphatic heterocycles. The van der Waals surface area contributed by atoms with Crippen LogP contribution in [0.15, 0.2) is 47.3 Å². The molecular formula is C27H29ClN4O5. The van der Waals surface area contributed by atoms with Crippen molar-refractivity contribution in [2.75, 3.05) is 32.2 Å². The maximum atomic E-state index is 13.5. The summed E-state index contributed by atoms with van der Waals surface area (Å²) >= 11 is 6.07. The molecule has 0 radical (unpaired) electrons. The molecule has 0 saturated heterocycles. The van der Waals surface area contributed by atoms with E-state index in [1.807, 2.05) is 24.3 Å². The maximum absolute atomic E-state index is 13.5. The Kier molecular flexibility index (Phi) is 6.97. The van der Waals surface area contributed by atoms with Gasteiger partial charge in [-0.15, -0.1) is 4.73 Å². The van der Waals surface area contributed by atoms with Crippen LogP contribution in [0.2, 0.25) is 5.02 Å². The average molecular weight is 525 g/mol. The first-order valence-electron chi connectivity index (χ1n) is 12.3. The van der Waals surface area contributed by atoms with Crippen molar-refractivity contribution in [1.29, 1.82) is 0 Å². The number of aromatic nitrogens is 2. The summed E-state index contributed by atoms with van der Waals surface area (Å²) in [5, 5.41) is 4.05. The number of carbonyl (C=O) groups excluding carboxylic acids is 1. The van der Waals surface area contributed by atoms with Crippen molar-refractivity contribution in [2.45, 2.75) is 32.9 Å². The van der Waals surface area contributed by atoms with Crippen LogP contribution in [-0.2, 0) is 13.0 Å². The van der Waals surface area contributed by atoms with Crippen LogP contribution < -0.4 is 25.2 Å². The Bertz CT molecular complexity index is 1370. The summed E-state index contributed by atoms with van der Waals surface area (Å²) in [4.78, 5) is 38.6. The standard InChI is InChI=1S/C27H29ClN4O5/c1-16(2)24(17-4-7-19(28)8-5-17)30-27-29-21-10-11-31(15-20(21)26(34)32(27)35-3)25(33)18-6-9-22-23(14-18)37-13-12-36-22/h4-9,14,16,24H,10-13,15H2,1-3H3,(H,29,30). The van der Waals surface area contributed by atoms with Gasteiger partial charge in [-0.1, -0.05) is 37.6 Å². The molecule has 1 N–H and O–H groups in total. The van der Waals surface area contributed by atoms with Crippen LogP contribution in [-0.4, -0.2) is 47.4 Å². The van der Waals surface area contributed by atoms with Gasteiger partial charge in [0.2, 0.25) is 5.95 Å². The number of rotatable bonds is 6. The lowest BCUT2D eigenvalue weighted by Gasteiger charge is -2.30. The van der Waals surface area contributed by atoms with E-state index in [9.17, 15) is 9.59 Å². The van der Waals surface area contributed by atoms with E-state index in [0.717, 1.165) is 10.3 Å². The highest BCUT2D eigenvalue weighted by molar-refractivity contribution is 6.30. The lowest BCUT2D eigenvalue weighted by molar-refractivity contribution is 0.0727. The third-order valence-corrected chi connectivity index (χ3v) is 6.88. The van der Waals surface area contributed by atoms with E-state index in [2.05, 4.69) is 19.2 Å². The molecule has 10 heteroatoms. The van der Waals surface area contributed by atoms with Gasteiger partial charge in [-0.2, -0.15) is 0 Å². The molecule has 5 rings (SSSR count). The van der Waals surface area contributed by atoms with Crippen molar-refractivity contribution in [3.63, 3.8) is 0 Å². The average Bonchev–Trinajstić information content (AvgIpc) is 2.91. The molecule has 3 heterocycles. The third kappa shape index (κ3) is 4.96. The van der Waals surface area contributed by atoms with Gasteiger partial charge in [0, 0.05) is 23.6 Å². The molecule has 1 atom stereocenters. The molecular weight excluding hydrogens is 496 g/mol. The fraction of sp³-hybridized carbons (Fsp3) is 0.370. The smallest absolute Gasteiger partial charge is 0.293 e. The summed E-state index contributed by atoms with van der Waals surface area (Å²) in [5.74, 6) is 1.51. The molecule has 0 spiro atoms. The molecule has 0 aliphatic carbocycles. The van der Waals surface area contributed by atoms with Gasteiger partial charge in [0.25, 0.3) is 11.5 Å². The fourth-order valence-electron chi connectivity index (χ4n) is 4.70. The minimum atomic E-state index is -0.340. The highest BCUT2D eigenvalue weighted by atomic mass is 35.5. The largest absolute Gasteiger partial charge is 0.486 e. The Balaban J connectivity index is 1.41. The normalized spacial score (nSPS) is 15.2. The monoisotopic (exact) mass is 524 g/mol. The molecule has 1 amide bonds. The maximum Gasteiger partial charge on any atom is 0.293 e. The second-order valence-corrected chi connectivity index (χ2v) is 9.83. The molecule has 0 saturated carbocycles. The Hall–Kier alpha value is -3.72. The lowest BCUT2D eigenvalue weighted by Crippen LogP contribution is -2.42. The first-order chi connectivity index (χ1) is 17.9. The molecule has 0 fully saturated rings. The predicted octanol–water partition coefficient (Wildman–Crippen LogP) is 3.73. The van der Waals surface area contributed by atoms with Crippen LogP contribution in [0.4, 0.5) is 5.95 Å². The Morgan fingerprint density at radius 2 is 1.84 bits per heavy atom. The molecule has 9 nitrogen and oxygen atoms in total. The van der Waals surface area contributed by atoms with E-state index in [4.69, 9.17) is 30.9 Å². The second-order valence-electron chi connectivity index (χ2n) is 9.40. The SMILES string of the molecule is COn1c(NC(c2ccc(Cl)cc2)C(C)C)nc2c(c1=O)CN(C(=O)c1ccc3c(c1)OCCO3)CC2. The van der Waals surface area contributed by atoms with E-state index in [-0.39, 0.29) is 30.0 Å². The highest BCUT2D eigenvalue weighted by Crippen LogP contribution is 2.32. The van der Waals surface area contributed by atoms with E-state index in [0.29, 0.717) is 65.5 Å². The number of carbonyl (C=O) groups is 1. The first-order valence-corrected chi connectivity index (χ1v) is 12.6. The number of ether oxygens (including phenoxy) is 2. The van der Waals surface area contributed by atoms with Crippen molar-refractivity contribution in [2.24, 2.45) is 5.92 Å². The Morgan fingerprint density at radius 3 is 2.54 bits per heavy atom. The number of hydrogen-bond donors (Lipinski definition) is 1. The molecule has 1 unspecified atom stereocenters. The molecule has 2 aromatic carbocycles. The highest BCUT2D eigenvalue weighted by Gasteiger charge is 2.29. The van der Waals surface area contributed by atoms with E-state index in [1.165, 1.54) is 7.11 Å². The summed E-state index contributed by atoms with van der Waals surface area (Å²) in [6.45, 7) is 5.67. The van der Waals surface area contributed by atoms with E-state index < -0.39 is 0 Å². The number of fused-ring (bicyclic) bond motifs is 2. The minimum absolute atomic E-state index is 0.125. The number of nitrogens with one attached hydrogen (secondary N) is 1. The van der Waals surface area contributed by atoms with Crippen LogP contribution in [0.5, 0.6) is 11.5 Å². The van der Waals surface area contributed by atoms with Crippen LogP contribution in [0, 0.1) is 5.92 Å². The quantitative estimate of drug-likeness (QED) is 0.525.